The van der Waals surface area contributed by atoms with Crippen LogP contribution < -0.4 is 5.73 Å². The molecule has 0 amide bonds. The Labute approximate surface area is 95.8 Å². The second-order valence-corrected chi connectivity index (χ2v) is 4.69. The van der Waals surface area contributed by atoms with Crippen LogP contribution in [0.25, 0.3) is 10.9 Å². The highest BCUT2D eigenvalue weighted by Gasteiger charge is 2.14. The fraction of sp³-hybridized carbons (Fsp3) is 0.429. The molecule has 0 saturated heterocycles. The van der Waals surface area contributed by atoms with E-state index in [1.165, 1.54) is 42.1 Å². The first-order chi connectivity index (χ1) is 7.90. The summed E-state index contributed by atoms with van der Waals surface area (Å²) in [6.07, 6.45) is 8.25. The van der Waals surface area contributed by atoms with Crippen molar-refractivity contribution in [1.29, 1.82) is 0 Å². The van der Waals surface area contributed by atoms with Crippen LogP contribution in [-0.2, 0) is 19.3 Å². The van der Waals surface area contributed by atoms with E-state index >= 15 is 0 Å². The smallest absolute Gasteiger partial charge is 0.0492 e. The van der Waals surface area contributed by atoms with Gasteiger partial charge < -0.3 is 10.7 Å². The summed E-state index contributed by atoms with van der Waals surface area (Å²) in [5.41, 5.74) is 11.5. The number of rotatable bonds is 2. The minimum absolute atomic E-state index is 0.726. The Balaban J connectivity index is 2.17. The molecule has 0 unspecified atom stereocenters. The Morgan fingerprint density at radius 2 is 2.06 bits per heavy atom. The van der Waals surface area contributed by atoms with Gasteiger partial charge in [-0.1, -0.05) is 12.1 Å². The molecular weight excluding hydrogens is 196 g/mol. The van der Waals surface area contributed by atoms with E-state index in [-0.39, 0.29) is 0 Å². The van der Waals surface area contributed by atoms with E-state index in [9.17, 15) is 0 Å². The molecule has 3 rings (SSSR count). The normalized spacial score (nSPS) is 15.3. The van der Waals surface area contributed by atoms with Gasteiger partial charge in [-0.2, -0.15) is 0 Å². The van der Waals surface area contributed by atoms with Crippen molar-refractivity contribution < 1.29 is 0 Å². The van der Waals surface area contributed by atoms with Gasteiger partial charge in [0.05, 0.1) is 0 Å². The van der Waals surface area contributed by atoms with Gasteiger partial charge in [-0.3, -0.25) is 0 Å². The van der Waals surface area contributed by atoms with Crippen LogP contribution in [0.15, 0.2) is 18.3 Å². The van der Waals surface area contributed by atoms with Gasteiger partial charge in [0.1, 0.15) is 0 Å². The summed E-state index contributed by atoms with van der Waals surface area (Å²) in [4.78, 5) is 3.45. The zero-order valence-corrected chi connectivity index (χ0v) is 9.55. The van der Waals surface area contributed by atoms with Crippen LogP contribution in [0.1, 0.15) is 29.5 Å². The fourth-order valence-corrected chi connectivity index (χ4v) is 2.86. The number of benzene rings is 1. The molecule has 0 radical (unpaired) electrons. The van der Waals surface area contributed by atoms with Crippen LogP contribution in [0.3, 0.4) is 0 Å². The Morgan fingerprint density at radius 1 is 1.19 bits per heavy atom. The summed E-state index contributed by atoms with van der Waals surface area (Å²) >= 11 is 0. The zero-order chi connectivity index (χ0) is 11.0. The number of hydrogen-bond acceptors (Lipinski definition) is 1. The summed E-state index contributed by atoms with van der Waals surface area (Å²) in [7, 11) is 0. The van der Waals surface area contributed by atoms with E-state index in [0.29, 0.717) is 0 Å². The van der Waals surface area contributed by atoms with E-state index < -0.39 is 0 Å². The number of aromatic amines is 1. The van der Waals surface area contributed by atoms with Crippen molar-refractivity contribution in [2.75, 3.05) is 6.54 Å². The van der Waals surface area contributed by atoms with Gasteiger partial charge in [0, 0.05) is 17.1 Å². The monoisotopic (exact) mass is 214 g/mol. The Bertz CT molecular complexity index is 511. The maximum absolute atomic E-state index is 5.63. The van der Waals surface area contributed by atoms with E-state index in [1.54, 1.807) is 11.1 Å². The molecule has 2 nitrogen and oxygen atoms in total. The van der Waals surface area contributed by atoms with Gasteiger partial charge in [-0.05, 0) is 55.3 Å². The van der Waals surface area contributed by atoms with Gasteiger partial charge in [0.25, 0.3) is 0 Å². The van der Waals surface area contributed by atoms with Gasteiger partial charge in [0.2, 0.25) is 0 Å². The molecule has 0 bridgehead atoms. The molecule has 2 heteroatoms. The van der Waals surface area contributed by atoms with Crippen LogP contribution in [0.4, 0.5) is 0 Å². The molecule has 1 aliphatic rings. The molecule has 1 heterocycles. The van der Waals surface area contributed by atoms with Crippen molar-refractivity contribution >= 4 is 10.9 Å². The van der Waals surface area contributed by atoms with Crippen molar-refractivity contribution in [2.24, 2.45) is 5.73 Å². The van der Waals surface area contributed by atoms with Crippen LogP contribution in [0.5, 0.6) is 0 Å². The van der Waals surface area contributed by atoms with Crippen molar-refractivity contribution in [2.45, 2.75) is 32.1 Å². The number of fused-ring (bicyclic) bond motifs is 3. The molecule has 0 spiro atoms. The predicted molar refractivity (Wildman–Crippen MR) is 67.7 cm³/mol. The zero-order valence-electron chi connectivity index (χ0n) is 9.55. The predicted octanol–water partition coefficient (Wildman–Crippen LogP) is 2.55. The Hall–Kier alpha value is -1.28. The molecular formula is C14H18N2. The van der Waals surface area contributed by atoms with Crippen molar-refractivity contribution in [3.8, 4) is 0 Å². The van der Waals surface area contributed by atoms with Crippen molar-refractivity contribution in [1.82, 2.24) is 4.98 Å². The molecule has 1 aliphatic carbocycles. The lowest BCUT2D eigenvalue weighted by Gasteiger charge is -2.16. The first kappa shape index (κ1) is 9.91. The van der Waals surface area contributed by atoms with Gasteiger partial charge in [-0.15, -0.1) is 0 Å². The largest absolute Gasteiger partial charge is 0.361 e. The summed E-state index contributed by atoms with van der Waals surface area (Å²) < 4.78 is 0. The minimum atomic E-state index is 0.726. The Morgan fingerprint density at radius 3 is 2.94 bits per heavy atom. The lowest BCUT2D eigenvalue weighted by Crippen LogP contribution is -2.04. The average Bonchev–Trinajstić information content (AvgIpc) is 2.73. The first-order valence-electron chi connectivity index (χ1n) is 6.21. The number of H-pyrrole nitrogens is 1. The van der Waals surface area contributed by atoms with E-state index in [1.807, 2.05) is 0 Å². The van der Waals surface area contributed by atoms with Crippen molar-refractivity contribution in [3.05, 3.63) is 35.0 Å². The quantitative estimate of drug-likeness (QED) is 0.792. The molecule has 0 atom stereocenters. The van der Waals surface area contributed by atoms with Crippen LogP contribution >= 0.6 is 0 Å². The van der Waals surface area contributed by atoms with Crippen LogP contribution in [0, 0.1) is 0 Å². The molecule has 1 aromatic carbocycles. The molecule has 3 N–H and O–H groups in total. The average molecular weight is 214 g/mol. The second-order valence-electron chi connectivity index (χ2n) is 4.69. The van der Waals surface area contributed by atoms with Crippen molar-refractivity contribution in [3.63, 3.8) is 0 Å². The highest BCUT2D eigenvalue weighted by atomic mass is 14.7. The highest BCUT2D eigenvalue weighted by molar-refractivity contribution is 5.87. The third kappa shape index (κ3) is 1.45. The second kappa shape index (κ2) is 3.95. The summed E-state index contributed by atoms with van der Waals surface area (Å²) in [6.45, 7) is 0.726. The summed E-state index contributed by atoms with van der Waals surface area (Å²) in [5.74, 6) is 0. The standard InChI is InChI=1S/C14H18N2/c15-8-7-11-9-16-14-12-4-2-1-3-10(12)5-6-13(11)14/h5-6,9,16H,1-4,7-8,15H2. The minimum Gasteiger partial charge on any atom is -0.361 e. The maximum Gasteiger partial charge on any atom is 0.0492 e. The molecule has 0 fully saturated rings. The topological polar surface area (TPSA) is 41.8 Å². The van der Waals surface area contributed by atoms with E-state index in [0.717, 1.165) is 13.0 Å². The van der Waals surface area contributed by atoms with Gasteiger partial charge >= 0.3 is 0 Å². The summed E-state index contributed by atoms with van der Waals surface area (Å²) in [5, 5.41) is 1.38. The number of aromatic nitrogens is 1. The summed E-state index contributed by atoms with van der Waals surface area (Å²) in [6, 6.07) is 4.58. The van der Waals surface area contributed by atoms with Crippen LogP contribution in [0.2, 0.25) is 0 Å². The molecule has 16 heavy (non-hydrogen) atoms. The number of hydrogen-bond donors (Lipinski definition) is 2. The molecule has 84 valence electrons. The third-order valence-electron chi connectivity index (χ3n) is 3.68. The third-order valence-corrected chi connectivity index (χ3v) is 3.68. The lowest BCUT2D eigenvalue weighted by molar-refractivity contribution is 0.689. The SMILES string of the molecule is NCCc1c[nH]c2c3c(ccc12)CCCC3. The van der Waals surface area contributed by atoms with E-state index in [2.05, 4.69) is 23.3 Å². The van der Waals surface area contributed by atoms with Gasteiger partial charge in [-0.25, -0.2) is 0 Å². The molecule has 1 aromatic heterocycles. The highest BCUT2D eigenvalue weighted by Crippen LogP contribution is 2.30. The molecule has 2 aromatic rings. The Kier molecular flexibility index (Phi) is 2.44. The lowest BCUT2D eigenvalue weighted by atomic mass is 9.89. The molecule has 0 aliphatic heterocycles. The fourth-order valence-electron chi connectivity index (χ4n) is 2.86. The number of aryl methyl sites for hydroxylation is 2. The van der Waals surface area contributed by atoms with Gasteiger partial charge in [0.15, 0.2) is 0 Å². The number of nitrogens with one attached hydrogen (secondary N) is 1. The first-order valence-corrected chi connectivity index (χ1v) is 6.21. The molecule has 0 saturated carbocycles. The maximum atomic E-state index is 5.63. The van der Waals surface area contributed by atoms with Crippen LogP contribution in [-0.4, -0.2) is 11.5 Å². The number of nitrogens with two attached hydrogens (primary N) is 1. The van der Waals surface area contributed by atoms with E-state index in [4.69, 9.17) is 5.73 Å².